The monoisotopic (exact) mass is 412 g/mol. The van der Waals surface area contributed by atoms with E-state index in [1.54, 1.807) is 10.9 Å². The fourth-order valence-corrected chi connectivity index (χ4v) is 3.66. The maximum absolute atomic E-state index is 12.8. The molecule has 8 heteroatoms. The van der Waals surface area contributed by atoms with Crippen molar-refractivity contribution in [2.45, 2.75) is 45.6 Å². The number of carboxylic acids is 1. The number of aliphatic carboxylic acids is 1. The van der Waals surface area contributed by atoms with E-state index in [1.807, 2.05) is 50.1 Å². The molecule has 0 radical (unpaired) electrons. The lowest BCUT2D eigenvalue weighted by molar-refractivity contribution is -0.137. The number of carbonyl (C=O) groups excluding carboxylic acids is 1. The molecule has 2 heterocycles. The number of aryl methyl sites for hydroxylation is 2. The highest BCUT2D eigenvalue weighted by molar-refractivity contribution is 5.95. The first-order chi connectivity index (χ1) is 14.4. The van der Waals surface area contributed by atoms with Crippen LogP contribution < -0.4 is 4.74 Å². The van der Waals surface area contributed by atoms with E-state index in [-0.39, 0.29) is 12.2 Å². The minimum absolute atomic E-state index is 0.108. The van der Waals surface area contributed by atoms with E-state index in [0.717, 1.165) is 22.8 Å². The number of amidine groups is 1. The molecular formula is C22H28N4O4. The van der Waals surface area contributed by atoms with Gasteiger partial charge in [0.2, 0.25) is 0 Å². The third-order valence-electron chi connectivity index (χ3n) is 5.24. The first-order valence-electron chi connectivity index (χ1n) is 10.3. The van der Waals surface area contributed by atoms with Crippen LogP contribution in [0, 0.1) is 0 Å². The van der Waals surface area contributed by atoms with Gasteiger partial charge in [-0.1, -0.05) is 26.0 Å². The van der Waals surface area contributed by atoms with E-state index in [9.17, 15) is 9.59 Å². The maximum atomic E-state index is 12.8. The quantitative estimate of drug-likeness (QED) is 0.643. The van der Waals surface area contributed by atoms with Crippen molar-refractivity contribution >= 4 is 23.3 Å². The van der Waals surface area contributed by atoms with Crippen LogP contribution in [0.1, 0.15) is 50.4 Å². The molecule has 1 atom stereocenters. The summed E-state index contributed by atoms with van der Waals surface area (Å²) in [6.07, 6.45) is 3.45. The van der Waals surface area contributed by atoms with Crippen molar-refractivity contribution in [1.29, 1.82) is 0 Å². The third-order valence-corrected chi connectivity index (χ3v) is 5.24. The van der Waals surface area contributed by atoms with Crippen LogP contribution in [0.5, 0.6) is 5.75 Å². The van der Waals surface area contributed by atoms with E-state index in [0.29, 0.717) is 38.2 Å². The van der Waals surface area contributed by atoms with Crippen LogP contribution in [0.15, 0.2) is 35.5 Å². The predicted octanol–water partition coefficient (Wildman–Crippen LogP) is 3.29. The van der Waals surface area contributed by atoms with Gasteiger partial charge in [0.15, 0.2) is 5.78 Å². The summed E-state index contributed by atoms with van der Waals surface area (Å²) < 4.78 is 7.63. The van der Waals surface area contributed by atoms with E-state index >= 15 is 0 Å². The van der Waals surface area contributed by atoms with Crippen molar-refractivity contribution < 1.29 is 19.4 Å². The molecule has 1 aliphatic rings. The Morgan fingerprint density at radius 2 is 1.93 bits per heavy atom. The number of aliphatic imine (C=N–C) groups is 1. The summed E-state index contributed by atoms with van der Waals surface area (Å²) in [4.78, 5) is 30.2. The second kappa shape index (κ2) is 9.56. The van der Waals surface area contributed by atoms with Gasteiger partial charge in [0.05, 0.1) is 18.4 Å². The molecule has 1 N–H and O–H groups in total. The minimum Gasteiger partial charge on any atom is -0.492 e. The van der Waals surface area contributed by atoms with Crippen LogP contribution in [0.25, 0.3) is 0 Å². The molecule has 3 rings (SSSR count). The van der Waals surface area contributed by atoms with Gasteiger partial charge in [0, 0.05) is 26.3 Å². The lowest BCUT2D eigenvalue weighted by Crippen LogP contribution is -2.43. The van der Waals surface area contributed by atoms with E-state index < -0.39 is 12.0 Å². The Kier molecular flexibility index (Phi) is 6.87. The van der Waals surface area contributed by atoms with Gasteiger partial charge in [-0.2, -0.15) is 5.10 Å². The molecule has 1 unspecified atom stereocenters. The number of hydrogen-bond donors (Lipinski definition) is 1. The van der Waals surface area contributed by atoms with Crippen molar-refractivity contribution in [3.63, 3.8) is 0 Å². The molecule has 30 heavy (non-hydrogen) atoms. The van der Waals surface area contributed by atoms with E-state index in [4.69, 9.17) is 14.8 Å². The van der Waals surface area contributed by atoms with Gasteiger partial charge in [0.25, 0.3) is 0 Å². The predicted molar refractivity (Wildman–Crippen MR) is 113 cm³/mol. The molecule has 0 spiro atoms. The number of fused-ring (bicyclic) bond motifs is 1. The molecule has 0 amide bonds. The number of aromatic nitrogens is 2. The summed E-state index contributed by atoms with van der Waals surface area (Å²) in [5.74, 6) is 0.886. The van der Waals surface area contributed by atoms with Crippen molar-refractivity contribution in [2.24, 2.45) is 12.0 Å². The average molecular weight is 412 g/mol. The van der Waals surface area contributed by atoms with Gasteiger partial charge >= 0.3 is 5.97 Å². The Labute approximate surface area is 176 Å². The summed E-state index contributed by atoms with van der Waals surface area (Å²) in [5.41, 5.74) is 2.54. The van der Waals surface area contributed by atoms with Crippen molar-refractivity contribution in [3.05, 3.63) is 41.7 Å². The number of ether oxygens (including phenoxy) is 1. The zero-order chi connectivity index (χ0) is 21.7. The molecule has 0 bridgehead atoms. The third kappa shape index (κ3) is 4.69. The van der Waals surface area contributed by atoms with Crippen molar-refractivity contribution in [1.82, 2.24) is 14.7 Å². The first kappa shape index (κ1) is 21.5. The normalized spacial score (nSPS) is 15.5. The van der Waals surface area contributed by atoms with Gasteiger partial charge in [-0.3, -0.25) is 14.3 Å². The van der Waals surface area contributed by atoms with Crippen molar-refractivity contribution in [3.8, 4) is 5.75 Å². The molecule has 8 nitrogen and oxygen atoms in total. The molecule has 1 aromatic heterocycles. The number of carboxylic acid groups (broad SMARTS) is 1. The van der Waals surface area contributed by atoms with E-state index in [1.165, 1.54) is 0 Å². The highest BCUT2D eigenvalue weighted by atomic mass is 16.5. The largest absolute Gasteiger partial charge is 0.492 e. The maximum Gasteiger partial charge on any atom is 0.303 e. The van der Waals surface area contributed by atoms with Crippen LogP contribution >= 0.6 is 0 Å². The molecule has 0 aliphatic carbocycles. The SMILES string of the molecule is CCC(=O)C1c2c(cnn2C)N=C(CC)N1CCOc1ccc(CCC(=O)O)cc1. The van der Waals surface area contributed by atoms with Gasteiger partial charge in [0.1, 0.15) is 29.9 Å². The number of Topliss-reactive ketones (excluding diaryl/α,β-unsaturated/α-hetero) is 1. The summed E-state index contributed by atoms with van der Waals surface area (Å²) in [5, 5.41) is 13.1. The number of carbonyl (C=O) groups is 2. The molecule has 0 saturated carbocycles. The van der Waals surface area contributed by atoms with Crippen LogP contribution in [0.3, 0.4) is 0 Å². The summed E-state index contributed by atoms with van der Waals surface area (Å²) in [7, 11) is 1.84. The van der Waals surface area contributed by atoms with Crippen LogP contribution in [-0.2, 0) is 23.1 Å². The smallest absolute Gasteiger partial charge is 0.303 e. The number of rotatable bonds is 10. The van der Waals surface area contributed by atoms with Gasteiger partial charge < -0.3 is 14.7 Å². The number of hydrogen-bond acceptors (Lipinski definition) is 6. The molecule has 1 aromatic carbocycles. The number of nitrogens with zero attached hydrogens (tertiary/aromatic N) is 4. The zero-order valence-electron chi connectivity index (χ0n) is 17.7. The summed E-state index contributed by atoms with van der Waals surface area (Å²) in [6, 6.07) is 7.03. The Bertz CT molecular complexity index is 933. The molecule has 1 aliphatic heterocycles. The Balaban J connectivity index is 1.69. The van der Waals surface area contributed by atoms with Crippen LogP contribution in [0.2, 0.25) is 0 Å². The second-order valence-corrected chi connectivity index (χ2v) is 7.22. The molecule has 160 valence electrons. The first-order valence-corrected chi connectivity index (χ1v) is 10.3. The number of ketones is 1. The minimum atomic E-state index is -0.807. The lowest BCUT2D eigenvalue weighted by Gasteiger charge is -2.36. The fraction of sp³-hybridized carbons (Fsp3) is 0.455. The standard InChI is InChI=1S/C22H28N4O4/c1-4-18(27)22-21-17(14-23-25(21)3)24-19(5-2)26(22)12-13-30-16-9-6-15(7-10-16)8-11-20(28)29/h6-7,9-10,14,22H,4-5,8,11-13H2,1-3H3,(H,28,29). The molecule has 0 saturated heterocycles. The Morgan fingerprint density at radius 1 is 1.20 bits per heavy atom. The fourth-order valence-electron chi connectivity index (χ4n) is 3.66. The summed E-state index contributed by atoms with van der Waals surface area (Å²) >= 11 is 0. The highest BCUT2D eigenvalue weighted by Crippen LogP contribution is 2.36. The van der Waals surface area contributed by atoms with Gasteiger partial charge in [-0.15, -0.1) is 0 Å². The van der Waals surface area contributed by atoms with Gasteiger partial charge in [-0.25, -0.2) is 4.99 Å². The van der Waals surface area contributed by atoms with Gasteiger partial charge in [-0.05, 0) is 24.1 Å². The van der Waals surface area contributed by atoms with E-state index in [2.05, 4.69) is 5.10 Å². The summed E-state index contributed by atoms with van der Waals surface area (Å²) in [6.45, 7) is 4.82. The van der Waals surface area contributed by atoms with Crippen LogP contribution in [-0.4, -0.2) is 50.5 Å². The molecular weight excluding hydrogens is 384 g/mol. The highest BCUT2D eigenvalue weighted by Gasteiger charge is 2.36. The molecule has 0 fully saturated rings. The zero-order valence-corrected chi connectivity index (χ0v) is 17.7. The second-order valence-electron chi connectivity index (χ2n) is 7.22. The van der Waals surface area contributed by atoms with Crippen LogP contribution in [0.4, 0.5) is 5.69 Å². The number of benzene rings is 1. The molecule has 2 aromatic rings. The average Bonchev–Trinajstić information content (AvgIpc) is 3.12. The topological polar surface area (TPSA) is 97.0 Å². The lowest BCUT2D eigenvalue weighted by atomic mass is 10.0. The Morgan fingerprint density at radius 3 is 2.57 bits per heavy atom. The Hall–Kier alpha value is -3.16. The van der Waals surface area contributed by atoms with Crippen molar-refractivity contribution in [2.75, 3.05) is 13.2 Å².